The van der Waals surface area contributed by atoms with Gasteiger partial charge in [0.05, 0.1) is 5.69 Å². The first-order chi connectivity index (χ1) is 10.0. The molecule has 3 N–H and O–H groups in total. The van der Waals surface area contributed by atoms with E-state index in [-0.39, 0.29) is 4.90 Å². The van der Waals surface area contributed by atoms with Crippen LogP contribution in [-0.2, 0) is 10.0 Å². The third-order valence-electron chi connectivity index (χ3n) is 4.40. The van der Waals surface area contributed by atoms with E-state index in [1.54, 1.807) is 12.1 Å². The first-order valence-electron chi connectivity index (χ1n) is 7.64. The van der Waals surface area contributed by atoms with Crippen LogP contribution in [0.1, 0.15) is 25.7 Å². The highest BCUT2D eigenvalue weighted by atomic mass is 32.2. The number of nitrogens with one attached hydrogen (secondary N) is 1. The highest BCUT2D eigenvalue weighted by molar-refractivity contribution is 7.89. The van der Waals surface area contributed by atoms with Crippen LogP contribution in [0.3, 0.4) is 0 Å². The molecule has 0 aromatic heterocycles. The summed E-state index contributed by atoms with van der Waals surface area (Å²) >= 11 is 0. The molecule has 1 aliphatic carbocycles. The van der Waals surface area contributed by atoms with Gasteiger partial charge in [-0.2, -0.15) is 0 Å². The van der Waals surface area contributed by atoms with Gasteiger partial charge < -0.3 is 10.2 Å². The number of anilines is 1. The summed E-state index contributed by atoms with van der Waals surface area (Å²) in [5.41, 5.74) is 0.737. The largest absolute Gasteiger partial charge is 0.370 e. The van der Waals surface area contributed by atoms with Gasteiger partial charge in [0.25, 0.3) is 0 Å². The van der Waals surface area contributed by atoms with Crippen LogP contribution in [0.15, 0.2) is 29.2 Å². The average Bonchev–Trinajstić information content (AvgIpc) is 3.29. The summed E-state index contributed by atoms with van der Waals surface area (Å²) < 4.78 is 23.4. The van der Waals surface area contributed by atoms with E-state index in [9.17, 15) is 8.42 Å². The van der Waals surface area contributed by atoms with E-state index in [1.807, 2.05) is 12.1 Å². The van der Waals surface area contributed by atoms with E-state index in [1.165, 1.54) is 12.8 Å². The Hall–Kier alpha value is -1.11. The van der Waals surface area contributed by atoms with Gasteiger partial charge in [-0.15, -0.1) is 0 Å². The molecular formula is C15H23N3O2S. The summed E-state index contributed by atoms with van der Waals surface area (Å²) in [7, 11) is -3.67. The molecule has 0 spiro atoms. The van der Waals surface area contributed by atoms with Crippen molar-refractivity contribution in [3.8, 4) is 0 Å². The molecule has 0 amide bonds. The Morgan fingerprint density at radius 2 is 1.81 bits per heavy atom. The van der Waals surface area contributed by atoms with Gasteiger partial charge in [0.1, 0.15) is 4.90 Å². The van der Waals surface area contributed by atoms with E-state index in [2.05, 4.69) is 10.2 Å². The first-order valence-corrected chi connectivity index (χ1v) is 9.19. The number of para-hydroxylation sites is 1. The molecule has 21 heavy (non-hydrogen) atoms. The zero-order valence-electron chi connectivity index (χ0n) is 12.2. The number of sulfonamides is 1. The molecule has 1 saturated carbocycles. The van der Waals surface area contributed by atoms with Crippen LogP contribution in [0, 0.1) is 5.92 Å². The van der Waals surface area contributed by atoms with Crippen molar-refractivity contribution in [2.75, 3.05) is 24.5 Å². The highest BCUT2D eigenvalue weighted by Crippen LogP contribution is 2.29. The maximum Gasteiger partial charge on any atom is 0.240 e. The molecule has 6 heteroatoms. The molecule has 116 valence electrons. The second-order valence-corrected chi connectivity index (χ2v) is 7.66. The topological polar surface area (TPSA) is 75.4 Å². The lowest BCUT2D eigenvalue weighted by Gasteiger charge is -2.34. The minimum absolute atomic E-state index is 0.231. The standard InChI is InChI=1S/C15H23N3O2S/c16-21(19,20)15-4-2-1-3-14(15)18-9-7-13(8-10-18)17-11-12-5-6-12/h1-4,12-13,17H,5-11H2,(H2,16,19,20). The van der Waals surface area contributed by atoms with Crippen molar-refractivity contribution in [1.82, 2.24) is 5.32 Å². The molecule has 1 saturated heterocycles. The van der Waals surface area contributed by atoms with Crippen LogP contribution in [-0.4, -0.2) is 34.1 Å². The van der Waals surface area contributed by atoms with Gasteiger partial charge >= 0.3 is 0 Å². The third kappa shape index (κ3) is 3.75. The molecule has 1 aromatic carbocycles. The molecule has 3 rings (SSSR count). The zero-order valence-corrected chi connectivity index (χ0v) is 13.0. The van der Waals surface area contributed by atoms with Gasteiger partial charge in [0.2, 0.25) is 10.0 Å². The second-order valence-electron chi connectivity index (χ2n) is 6.13. The minimum atomic E-state index is -3.67. The summed E-state index contributed by atoms with van der Waals surface area (Å²) in [6.45, 7) is 2.88. The lowest BCUT2D eigenvalue weighted by molar-refractivity contribution is 0.408. The van der Waals surface area contributed by atoms with Crippen LogP contribution >= 0.6 is 0 Å². The fourth-order valence-electron chi connectivity index (χ4n) is 2.94. The number of nitrogens with zero attached hydrogens (tertiary/aromatic N) is 1. The van der Waals surface area contributed by atoms with E-state index in [0.29, 0.717) is 6.04 Å². The van der Waals surface area contributed by atoms with Crippen LogP contribution in [0.5, 0.6) is 0 Å². The monoisotopic (exact) mass is 309 g/mol. The molecule has 2 fully saturated rings. The predicted octanol–water partition coefficient (Wildman–Crippen LogP) is 1.30. The smallest absolute Gasteiger partial charge is 0.240 e. The van der Waals surface area contributed by atoms with Crippen molar-refractivity contribution in [3.63, 3.8) is 0 Å². The van der Waals surface area contributed by atoms with Crippen LogP contribution in [0.4, 0.5) is 5.69 Å². The van der Waals surface area contributed by atoms with Gasteiger partial charge in [-0.1, -0.05) is 12.1 Å². The van der Waals surface area contributed by atoms with Gasteiger partial charge in [-0.05, 0) is 50.3 Å². The van der Waals surface area contributed by atoms with Gasteiger partial charge in [-0.25, -0.2) is 13.6 Å². The Morgan fingerprint density at radius 1 is 1.14 bits per heavy atom. The molecule has 1 aromatic rings. The van der Waals surface area contributed by atoms with E-state index < -0.39 is 10.0 Å². The lowest BCUT2D eigenvalue weighted by Crippen LogP contribution is -2.43. The summed E-state index contributed by atoms with van der Waals surface area (Å²) in [6.07, 6.45) is 4.83. The molecule has 1 aliphatic heterocycles. The Morgan fingerprint density at radius 3 is 2.43 bits per heavy atom. The van der Waals surface area contributed by atoms with Crippen molar-refractivity contribution in [1.29, 1.82) is 0 Å². The fraction of sp³-hybridized carbons (Fsp3) is 0.600. The summed E-state index contributed by atoms with van der Waals surface area (Å²) in [5, 5.41) is 8.94. The Labute approximate surface area is 126 Å². The van der Waals surface area contributed by atoms with Crippen molar-refractivity contribution in [2.24, 2.45) is 11.1 Å². The molecule has 0 radical (unpaired) electrons. The van der Waals surface area contributed by atoms with Crippen LogP contribution < -0.4 is 15.4 Å². The summed E-state index contributed by atoms with van der Waals surface area (Å²) in [4.78, 5) is 2.36. The van der Waals surface area contributed by atoms with Gasteiger partial charge in [0.15, 0.2) is 0 Å². The normalized spacial score (nSPS) is 20.7. The quantitative estimate of drug-likeness (QED) is 0.860. The predicted molar refractivity (Wildman–Crippen MR) is 83.8 cm³/mol. The summed E-state index contributed by atoms with van der Waals surface area (Å²) in [6, 6.07) is 7.57. The average molecular weight is 309 g/mol. The Bertz CT molecular complexity index is 591. The van der Waals surface area contributed by atoms with Crippen LogP contribution in [0.2, 0.25) is 0 Å². The number of rotatable bonds is 5. The number of hydrogen-bond acceptors (Lipinski definition) is 4. The molecular weight excluding hydrogens is 286 g/mol. The third-order valence-corrected chi connectivity index (χ3v) is 5.36. The van der Waals surface area contributed by atoms with E-state index in [4.69, 9.17) is 5.14 Å². The first kappa shape index (κ1) is 14.8. The van der Waals surface area contributed by atoms with E-state index >= 15 is 0 Å². The molecule has 1 heterocycles. The number of piperidine rings is 1. The van der Waals surface area contributed by atoms with Crippen molar-refractivity contribution >= 4 is 15.7 Å². The summed E-state index contributed by atoms with van der Waals surface area (Å²) in [5.74, 6) is 0.895. The number of primary sulfonamides is 1. The highest BCUT2D eigenvalue weighted by Gasteiger charge is 2.26. The maximum atomic E-state index is 11.7. The Balaban J connectivity index is 1.64. The van der Waals surface area contributed by atoms with E-state index in [0.717, 1.165) is 44.1 Å². The maximum absolute atomic E-state index is 11.7. The Kier molecular flexibility index (Phi) is 4.19. The number of nitrogens with two attached hydrogens (primary N) is 1. The lowest BCUT2D eigenvalue weighted by atomic mass is 10.0. The molecule has 0 atom stereocenters. The number of hydrogen-bond donors (Lipinski definition) is 2. The number of benzene rings is 1. The van der Waals surface area contributed by atoms with Crippen LogP contribution in [0.25, 0.3) is 0 Å². The molecule has 0 bridgehead atoms. The van der Waals surface area contributed by atoms with Crippen molar-refractivity contribution in [2.45, 2.75) is 36.6 Å². The zero-order chi connectivity index (χ0) is 14.9. The van der Waals surface area contributed by atoms with Crippen molar-refractivity contribution < 1.29 is 8.42 Å². The van der Waals surface area contributed by atoms with Gasteiger partial charge in [0, 0.05) is 19.1 Å². The fourth-order valence-corrected chi connectivity index (χ4v) is 3.70. The SMILES string of the molecule is NS(=O)(=O)c1ccccc1N1CCC(NCC2CC2)CC1. The molecule has 0 unspecified atom stereocenters. The molecule has 2 aliphatic rings. The van der Waals surface area contributed by atoms with Gasteiger partial charge in [-0.3, -0.25) is 0 Å². The van der Waals surface area contributed by atoms with Crippen molar-refractivity contribution in [3.05, 3.63) is 24.3 Å². The minimum Gasteiger partial charge on any atom is -0.370 e. The molecule has 5 nitrogen and oxygen atoms in total. The second kappa shape index (κ2) is 5.94.